The Morgan fingerprint density at radius 3 is 2.32 bits per heavy atom. The Kier molecular flexibility index (Phi) is 7.45. The highest BCUT2D eigenvalue weighted by molar-refractivity contribution is 5.91. The molecule has 0 aliphatic carbocycles. The monoisotopic (exact) mass is 392 g/mol. The molecule has 2 rings (SSSR count). The van der Waals surface area contributed by atoms with Crippen LogP contribution in [0.25, 0.3) is 0 Å². The van der Waals surface area contributed by atoms with Gasteiger partial charge in [-0.05, 0) is 37.3 Å². The molecule has 0 bridgehead atoms. The van der Waals surface area contributed by atoms with Crippen LogP contribution in [-0.4, -0.2) is 39.1 Å². The summed E-state index contributed by atoms with van der Waals surface area (Å²) < 4.78 is 31.8. The summed E-state index contributed by atoms with van der Waals surface area (Å²) in [6.45, 7) is 1.72. The SMILES string of the molecule is COc1ccc(NC(=O)C[NH+](C)CC(=O)N[C@@H](C)c2ccc(F)cc2F)cc1. The highest BCUT2D eigenvalue weighted by Gasteiger charge is 2.18. The number of hydrogen-bond donors (Lipinski definition) is 3. The Morgan fingerprint density at radius 1 is 1.07 bits per heavy atom. The first-order valence-corrected chi connectivity index (χ1v) is 8.78. The quantitative estimate of drug-likeness (QED) is 0.634. The van der Waals surface area contributed by atoms with Gasteiger partial charge in [-0.2, -0.15) is 0 Å². The zero-order valence-corrected chi connectivity index (χ0v) is 16.0. The number of carbonyl (C=O) groups is 2. The van der Waals surface area contributed by atoms with Crippen molar-refractivity contribution in [1.29, 1.82) is 0 Å². The van der Waals surface area contributed by atoms with Crippen molar-refractivity contribution in [1.82, 2.24) is 5.32 Å². The fourth-order valence-electron chi connectivity index (χ4n) is 2.71. The summed E-state index contributed by atoms with van der Waals surface area (Å²) in [5, 5.41) is 5.40. The minimum absolute atomic E-state index is 0.0309. The minimum Gasteiger partial charge on any atom is -0.497 e. The Hall–Kier alpha value is -3.00. The van der Waals surface area contributed by atoms with Crippen LogP contribution in [0.1, 0.15) is 18.5 Å². The van der Waals surface area contributed by atoms with E-state index >= 15 is 0 Å². The highest BCUT2D eigenvalue weighted by atomic mass is 19.1. The van der Waals surface area contributed by atoms with Crippen molar-refractivity contribution in [3.8, 4) is 5.75 Å². The van der Waals surface area contributed by atoms with Crippen LogP contribution in [0.3, 0.4) is 0 Å². The van der Waals surface area contributed by atoms with E-state index in [0.717, 1.165) is 12.1 Å². The predicted octanol–water partition coefficient (Wildman–Crippen LogP) is 1.30. The summed E-state index contributed by atoms with van der Waals surface area (Å²) >= 11 is 0. The molecule has 2 atom stereocenters. The van der Waals surface area contributed by atoms with Crippen LogP contribution in [0, 0.1) is 11.6 Å². The average Bonchev–Trinajstić information content (AvgIpc) is 2.61. The molecule has 0 fully saturated rings. The van der Waals surface area contributed by atoms with E-state index in [4.69, 9.17) is 4.74 Å². The number of likely N-dealkylation sites (N-methyl/N-ethyl adjacent to an activating group) is 1. The van der Waals surface area contributed by atoms with Crippen molar-refractivity contribution >= 4 is 17.5 Å². The summed E-state index contributed by atoms with van der Waals surface area (Å²) in [6, 6.07) is 9.50. The normalized spacial score (nSPS) is 12.8. The van der Waals surface area contributed by atoms with E-state index in [2.05, 4.69) is 10.6 Å². The van der Waals surface area contributed by atoms with Gasteiger partial charge in [0.25, 0.3) is 11.8 Å². The molecule has 28 heavy (non-hydrogen) atoms. The molecule has 0 saturated carbocycles. The number of amides is 2. The molecule has 0 aliphatic heterocycles. The minimum atomic E-state index is -0.715. The van der Waals surface area contributed by atoms with Crippen molar-refractivity contribution in [2.45, 2.75) is 13.0 Å². The van der Waals surface area contributed by atoms with Gasteiger partial charge >= 0.3 is 0 Å². The Balaban J connectivity index is 1.81. The molecule has 2 amide bonds. The lowest BCUT2D eigenvalue weighted by Gasteiger charge is -2.17. The first kappa shape index (κ1) is 21.3. The Morgan fingerprint density at radius 2 is 1.71 bits per heavy atom. The number of carbonyl (C=O) groups excluding carboxylic acids is 2. The van der Waals surface area contributed by atoms with Gasteiger partial charge in [-0.3, -0.25) is 9.59 Å². The first-order valence-electron chi connectivity index (χ1n) is 8.78. The molecule has 2 aromatic carbocycles. The standard InChI is InChI=1S/C20H23F2N3O3/c1-13(17-9-4-14(21)10-18(17)22)23-19(26)11-25(2)12-20(27)24-15-5-7-16(28-3)8-6-15/h4-10,13H,11-12H2,1-3H3,(H,23,26)(H,24,27)/p+1/t13-/m0/s1. The van der Waals surface area contributed by atoms with Gasteiger partial charge in [-0.15, -0.1) is 0 Å². The van der Waals surface area contributed by atoms with Gasteiger partial charge in [0.1, 0.15) is 17.4 Å². The van der Waals surface area contributed by atoms with Crippen LogP contribution < -0.4 is 20.3 Å². The summed E-state index contributed by atoms with van der Waals surface area (Å²) in [4.78, 5) is 24.9. The summed E-state index contributed by atoms with van der Waals surface area (Å²) in [6.07, 6.45) is 0. The molecule has 0 aliphatic rings. The molecular weight excluding hydrogens is 368 g/mol. The van der Waals surface area contributed by atoms with E-state index < -0.39 is 17.7 Å². The van der Waals surface area contributed by atoms with E-state index in [1.54, 1.807) is 45.3 Å². The first-order chi connectivity index (χ1) is 13.3. The van der Waals surface area contributed by atoms with Crippen LogP contribution in [0.2, 0.25) is 0 Å². The van der Waals surface area contributed by atoms with Gasteiger partial charge < -0.3 is 20.3 Å². The van der Waals surface area contributed by atoms with E-state index in [9.17, 15) is 18.4 Å². The van der Waals surface area contributed by atoms with Crippen LogP contribution in [0.5, 0.6) is 5.75 Å². The molecule has 0 radical (unpaired) electrons. The number of methoxy groups -OCH3 is 1. The van der Waals surface area contributed by atoms with Crippen LogP contribution in [-0.2, 0) is 9.59 Å². The molecule has 3 N–H and O–H groups in total. The topological polar surface area (TPSA) is 71.9 Å². The van der Waals surface area contributed by atoms with Crippen molar-refractivity contribution in [3.05, 3.63) is 59.7 Å². The van der Waals surface area contributed by atoms with Gasteiger partial charge in [-0.25, -0.2) is 8.78 Å². The summed E-state index contributed by atoms with van der Waals surface area (Å²) in [7, 11) is 3.26. The van der Waals surface area contributed by atoms with Crippen molar-refractivity contribution in [3.63, 3.8) is 0 Å². The molecule has 0 spiro atoms. The number of anilines is 1. The number of nitrogens with one attached hydrogen (secondary N) is 3. The lowest BCUT2D eigenvalue weighted by molar-refractivity contribution is -0.862. The number of halogens is 2. The third kappa shape index (κ3) is 6.31. The maximum absolute atomic E-state index is 13.8. The third-order valence-electron chi connectivity index (χ3n) is 4.10. The second kappa shape index (κ2) is 9.80. The number of ether oxygens (including phenoxy) is 1. The van der Waals surface area contributed by atoms with E-state index in [-0.39, 0.29) is 30.5 Å². The predicted molar refractivity (Wildman–Crippen MR) is 101 cm³/mol. The third-order valence-corrected chi connectivity index (χ3v) is 4.10. The number of benzene rings is 2. The lowest BCUT2D eigenvalue weighted by atomic mass is 10.1. The van der Waals surface area contributed by atoms with Crippen molar-refractivity contribution in [2.75, 3.05) is 32.6 Å². The molecule has 6 nitrogen and oxygen atoms in total. The Bertz CT molecular complexity index is 828. The summed E-state index contributed by atoms with van der Waals surface area (Å²) in [5.74, 6) is -1.29. The van der Waals surface area contributed by atoms with E-state index in [1.165, 1.54) is 6.07 Å². The molecule has 150 valence electrons. The molecule has 0 saturated heterocycles. The zero-order valence-electron chi connectivity index (χ0n) is 16.0. The summed E-state index contributed by atoms with van der Waals surface area (Å²) in [5.41, 5.74) is 0.827. The lowest BCUT2D eigenvalue weighted by Crippen LogP contribution is -3.11. The van der Waals surface area contributed by atoms with Gasteiger partial charge in [-0.1, -0.05) is 6.07 Å². The Labute approximate surface area is 162 Å². The van der Waals surface area contributed by atoms with Gasteiger partial charge in [0.2, 0.25) is 0 Å². The highest BCUT2D eigenvalue weighted by Crippen LogP contribution is 2.17. The zero-order chi connectivity index (χ0) is 20.7. The van der Waals surface area contributed by atoms with Gasteiger partial charge in [0, 0.05) is 17.3 Å². The van der Waals surface area contributed by atoms with E-state index in [0.29, 0.717) is 16.3 Å². The molecular formula is C20H24F2N3O3+. The smallest absolute Gasteiger partial charge is 0.279 e. The van der Waals surface area contributed by atoms with Crippen LogP contribution in [0.15, 0.2) is 42.5 Å². The molecule has 0 aromatic heterocycles. The molecule has 0 heterocycles. The molecule has 2 aromatic rings. The van der Waals surface area contributed by atoms with Crippen LogP contribution >= 0.6 is 0 Å². The van der Waals surface area contributed by atoms with Gasteiger partial charge in [0.05, 0.1) is 20.2 Å². The fraction of sp³-hybridized carbons (Fsp3) is 0.300. The van der Waals surface area contributed by atoms with Gasteiger partial charge in [0.15, 0.2) is 13.1 Å². The van der Waals surface area contributed by atoms with Crippen LogP contribution in [0.4, 0.5) is 14.5 Å². The van der Waals surface area contributed by atoms with E-state index in [1.807, 2.05) is 0 Å². The fourth-order valence-corrected chi connectivity index (χ4v) is 2.71. The number of rotatable bonds is 8. The molecule has 1 unspecified atom stereocenters. The molecule has 8 heteroatoms. The van der Waals surface area contributed by atoms with Crippen molar-refractivity contribution in [2.24, 2.45) is 0 Å². The number of hydrogen-bond acceptors (Lipinski definition) is 3. The second-order valence-corrected chi connectivity index (χ2v) is 6.54. The maximum atomic E-state index is 13.8. The largest absolute Gasteiger partial charge is 0.497 e. The number of quaternary nitrogens is 1. The second-order valence-electron chi connectivity index (χ2n) is 6.54. The average molecular weight is 392 g/mol. The maximum Gasteiger partial charge on any atom is 0.279 e. The van der Waals surface area contributed by atoms with Crippen molar-refractivity contribution < 1.29 is 28.0 Å².